The molecule has 2 aromatic carbocycles. The molecule has 0 unspecified atom stereocenters. The molecule has 1 aliphatic rings. The molecule has 1 aromatic heterocycles. The predicted molar refractivity (Wildman–Crippen MR) is 108 cm³/mol. The smallest absolute Gasteiger partial charge is 0.141 e. The third-order valence-corrected chi connectivity index (χ3v) is 5.58. The van der Waals surface area contributed by atoms with Crippen molar-refractivity contribution in [2.45, 2.75) is 26.3 Å². The summed E-state index contributed by atoms with van der Waals surface area (Å²) in [7, 11) is 0. The van der Waals surface area contributed by atoms with Gasteiger partial charge in [-0.1, -0.05) is 18.2 Å². The lowest BCUT2D eigenvalue weighted by Crippen LogP contribution is -2.30. The first-order valence-corrected chi connectivity index (χ1v) is 9.80. The molecule has 0 spiro atoms. The van der Waals surface area contributed by atoms with E-state index >= 15 is 0 Å². The van der Waals surface area contributed by atoms with Crippen LogP contribution in [0.1, 0.15) is 24.0 Å². The Hall–Kier alpha value is -3.04. The van der Waals surface area contributed by atoms with Gasteiger partial charge in [0.2, 0.25) is 0 Å². The van der Waals surface area contributed by atoms with Crippen LogP contribution in [0, 0.1) is 35.8 Å². The molecular weight excluding hydrogens is 370 g/mol. The minimum Gasteiger partial charge on any atom is -0.317 e. The summed E-state index contributed by atoms with van der Waals surface area (Å²) in [4.78, 5) is 0. The number of benzene rings is 2. The Morgan fingerprint density at radius 2 is 1.83 bits per heavy atom. The van der Waals surface area contributed by atoms with E-state index in [-0.39, 0.29) is 11.4 Å². The average Bonchev–Trinajstić information content (AvgIpc) is 3.14. The van der Waals surface area contributed by atoms with Crippen LogP contribution in [0.25, 0.3) is 22.4 Å². The van der Waals surface area contributed by atoms with Crippen LogP contribution < -0.4 is 5.32 Å². The molecule has 0 amide bonds. The van der Waals surface area contributed by atoms with Gasteiger partial charge < -0.3 is 5.32 Å². The van der Waals surface area contributed by atoms with Crippen LogP contribution >= 0.6 is 0 Å². The van der Waals surface area contributed by atoms with Gasteiger partial charge in [-0.15, -0.1) is 0 Å². The number of rotatable bonds is 4. The third-order valence-electron chi connectivity index (χ3n) is 5.58. The van der Waals surface area contributed by atoms with Crippen molar-refractivity contribution < 1.29 is 8.78 Å². The van der Waals surface area contributed by atoms with Gasteiger partial charge in [0, 0.05) is 17.7 Å². The van der Waals surface area contributed by atoms with E-state index in [9.17, 15) is 8.78 Å². The fourth-order valence-electron chi connectivity index (χ4n) is 3.86. The van der Waals surface area contributed by atoms with Gasteiger partial charge in [0.1, 0.15) is 17.7 Å². The minimum atomic E-state index is -0.572. The maximum atomic E-state index is 14.3. The summed E-state index contributed by atoms with van der Waals surface area (Å²) in [6.07, 6.45) is 3.82. The first kappa shape index (κ1) is 19.3. The van der Waals surface area contributed by atoms with E-state index in [4.69, 9.17) is 5.26 Å². The Kier molecular flexibility index (Phi) is 5.41. The third kappa shape index (κ3) is 3.92. The zero-order valence-electron chi connectivity index (χ0n) is 16.3. The van der Waals surface area contributed by atoms with Crippen LogP contribution in [-0.2, 0) is 6.54 Å². The molecule has 2 heterocycles. The number of nitrogens with one attached hydrogen (secondary N) is 1. The lowest BCUT2D eigenvalue weighted by atomic mass is 9.96. The molecular formula is C23H22F2N4. The molecule has 1 N–H and O–H groups in total. The summed E-state index contributed by atoms with van der Waals surface area (Å²) in [6, 6.07) is 11.5. The minimum absolute atomic E-state index is 0.00113. The zero-order valence-corrected chi connectivity index (χ0v) is 16.3. The Labute approximate surface area is 168 Å². The van der Waals surface area contributed by atoms with Crippen LogP contribution in [0.3, 0.4) is 0 Å². The highest BCUT2D eigenvalue weighted by molar-refractivity contribution is 5.81. The first-order chi connectivity index (χ1) is 14.1. The van der Waals surface area contributed by atoms with Crippen LogP contribution in [-0.4, -0.2) is 22.9 Å². The summed E-state index contributed by atoms with van der Waals surface area (Å²) in [5.74, 6) is -0.373. The number of aryl methyl sites for hydroxylation is 1. The van der Waals surface area contributed by atoms with Crippen LogP contribution in [0.4, 0.5) is 8.78 Å². The topological polar surface area (TPSA) is 53.6 Å². The second-order valence-corrected chi connectivity index (χ2v) is 7.55. The maximum Gasteiger partial charge on any atom is 0.141 e. The van der Waals surface area contributed by atoms with E-state index in [1.165, 1.54) is 18.2 Å². The number of aromatic nitrogens is 2. The van der Waals surface area contributed by atoms with Crippen molar-refractivity contribution in [1.29, 1.82) is 5.26 Å². The number of nitrogens with zero attached hydrogens (tertiary/aromatic N) is 3. The van der Waals surface area contributed by atoms with E-state index in [0.717, 1.165) is 43.7 Å². The molecule has 4 nitrogen and oxygen atoms in total. The SMILES string of the molecule is Cc1ccc(-c2c(-c3ccc(C#N)c(F)c3)cnn2CC2CCNCC2)cc1F. The number of piperidine rings is 1. The molecule has 1 aliphatic heterocycles. The van der Waals surface area contributed by atoms with E-state index in [0.29, 0.717) is 22.6 Å². The van der Waals surface area contributed by atoms with Gasteiger partial charge >= 0.3 is 0 Å². The fourth-order valence-corrected chi connectivity index (χ4v) is 3.86. The Morgan fingerprint density at radius 3 is 2.52 bits per heavy atom. The number of nitriles is 1. The molecule has 3 aromatic rings. The largest absolute Gasteiger partial charge is 0.317 e. The van der Waals surface area contributed by atoms with Gasteiger partial charge in [-0.3, -0.25) is 4.68 Å². The summed E-state index contributed by atoms with van der Waals surface area (Å²) in [5.41, 5.74) is 3.40. The van der Waals surface area contributed by atoms with Gasteiger partial charge in [0.25, 0.3) is 0 Å². The maximum absolute atomic E-state index is 14.3. The van der Waals surface area contributed by atoms with E-state index in [1.54, 1.807) is 25.3 Å². The van der Waals surface area contributed by atoms with Crippen molar-refractivity contribution in [3.8, 4) is 28.5 Å². The van der Waals surface area contributed by atoms with Crippen molar-refractivity contribution in [3.63, 3.8) is 0 Å². The molecule has 1 fully saturated rings. The average molecular weight is 392 g/mol. The predicted octanol–water partition coefficient (Wildman–Crippen LogP) is 4.68. The molecule has 6 heteroatoms. The Bertz CT molecular complexity index is 1070. The van der Waals surface area contributed by atoms with Gasteiger partial charge in [-0.2, -0.15) is 10.4 Å². The second-order valence-electron chi connectivity index (χ2n) is 7.55. The van der Waals surface area contributed by atoms with Gasteiger partial charge in [-0.05, 0) is 68.1 Å². The zero-order chi connectivity index (χ0) is 20.4. The number of hydrogen-bond acceptors (Lipinski definition) is 3. The highest BCUT2D eigenvalue weighted by atomic mass is 19.1. The van der Waals surface area contributed by atoms with E-state index < -0.39 is 5.82 Å². The number of hydrogen-bond donors (Lipinski definition) is 1. The molecule has 0 atom stereocenters. The molecule has 0 saturated carbocycles. The van der Waals surface area contributed by atoms with Gasteiger partial charge in [0.15, 0.2) is 0 Å². The molecule has 0 radical (unpaired) electrons. The summed E-state index contributed by atoms with van der Waals surface area (Å²) < 4.78 is 30.5. The fraction of sp³-hybridized carbons (Fsp3) is 0.304. The first-order valence-electron chi connectivity index (χ1n) is 9.80. The summed E-state index contributed by atoms with van der Waals surface area (Å²) >= 11 is 0. The molecule has 1 saturated heterocycles. The number of halogens is 2. The standard InChI is InChI=1S/C23H22F2N4/c1-15-2-3-18(11-21(15)24)23-20(17-4-5-19(12-26)22(25)10-17)13-28-29(23)14-16-6-8-27-9-7-16/h2-5,10-11,13,16,27H,6-9,14H2,1H3. The summed E-state index contributed by atoms with van der Waals surface area (Å²) in [5, 5.41) is 16.9. The molecule has 0 aliphatic carbocycles. The van der Waals surface area contributed by atoms with Crippen molar-refractivity contribution in [2.75, 3.05) is 13.1 Å². The highest BCUT2D eigenvalue weighted by Crippen LogP contribution is 2.34. The van der Waals surface area contributed by atoms with E-state index in [2.05, 4.69) is 10.4 Å². The normalized spacial score (nSPS) is 14.7. The summed E-state index contributed by atoms with van der Waals surface area (Å²) in [6.45, 7) is 4.41. The Morgan fingerprint density at radius 1 is 1.10 bits per heavy atom. The van der Waals surface area contributed by atoms with Crippen LogP contribution in [0.5, 0.6) is 0 Å². The van der Waals surface area contributed by atoms with Crippen molar-refractivity contribution in [1.82, 2.24) is 15.1 Å². The lowest BCUT2D eigenvalue weighted by Gasteiger charge is -2.23. The monoisotopic (exact) mass is 392 g/mol. The quantitative estimate of drug-likeness (QED) is 0.702. The van der Waals surface area contributed by atoms with E-state index in [1.807, 2.05) is 16.8 Å². The van der Waals surface area contributed by atoms with Gasteiger partial charge in [0.05, 0.1) is 17.5 Å². The lowest BCUT2D eigenvalue weighted by molar-refractivity contribution is 0.323. The van der Waals surface area contributed by atoms with Crippen molar-refractivity contribution >= 4 is 0 Å². The van der Waals surface area contributed by atoms with Crippen molar-refractivity contribution in [3.05, 3.63) is 65.4 Å². The molecule has 0 bridgehead atoms. The molecule has 4 rings (SSSR count). The highest BCUT2D eigenvalue weighted by Gasteiger charge is 2.21. The molecule has 29 heavy (non-hydrogen) atoms. The Balaban J connectivity index is 1.81. The van der Waals surface area contributed by atoms with Crippen LogP contribution in [0.2, 0.25) is 0 Å². The molecule has 148 valence electrons. The second kappa shape index (κ2) is 8.14. The van der Waals surface area contributed by atoms with Gasteiger partial charge in [-0.25, -0.2) is 8.78 Å². The van der Waals surface area contributed by atoms with Crippen LogP contribution in [0.15, 0.2) is 42.6 Å². The van der Waals surface area contributed by atoms with Crippen molar-refractivity contribution in [2.24, 2.45) is 5.92 Å².